The third-order valence-corrected chi connectivity index (χ3v) is 2.24. The second-order valence-electron chi connectivity index (χ2n) is 3.21. The number of nitrogens with one attached hydrogen (secondary N) is 1. The lowest BCUT2D eigenvalue weighted by Crippen LogP contribution is -2.61. The fourth-order valence-electron chi connectivity index (χ4n) is 1.70. The third kappa shape index (κ3) is 1.37. The molecule has 2 aliphatic rings. The lowest BCUT2D eigenvalue weighted by Gasteiger charge is -2.42. The Kier molecular flexibility index (Phi) is 1.90. The normalized spacial score (nSPS) is 34.8. The van der Waals surface area contributed by atoms with Crippen LogP contribution < -0.4 is 10.4 Å². The minimum atomic E-state index is -1.09. The number of morpholine rings is 2. The van der Waals surface area contributed by atoms with Crippen molar-refractivity contribution in [2.24, 2.45) is 0 Å². The summed E-state index contributed by atoms with van der Waals surface area (Å²) >= 11 is 0. The summed E-state index contributed by atoms with van der Waals surface area (Å²) in [5.41, 5.74) is 0. The summed E-state index contributed by atoms with van der Waals surface area (Å²) < 4.78 is 5.51. The van der Waals surface area contributed by atoms with Crippen LogP contribution in [0.25, 0.3) is 0 Å². The zero-order valence-corrected chi connectivity index (χ0v) is 6.66. The molecule has 1 amide bonds. The molecule has 68 valence electrons. The van der Waals surface area contributed by atoms with Gasteiger partial charge in [0.05, 0.1) is 12.2 Å². The van der Waals surface area contributed by atoms with Gasteiger partial charge in [-0.15, -0.1) is 0 Å². The van der Waals surface area contributed by atoms with E-state index in [-0.39, 0.29) is 12.2 Å². The molecule has 1 N–H and O–H groups in total. The van der Waals surface area contributed by atoms with E-state index in [0.29, 0.717) is 13.1 Å². The number of fused-ring (bicyclic) bond motifs is 2. The van der Waals surface area contributed by atoms with Crippen molar-refractivity contribution in [1.29, 1.82) is 0 Å². The summed E-state index contributed by atoms with van der Waals surface area (Å²) in [5, 5.41) is 13.7. The lowest BCUT2D eigenvalue weighted by molar-refractivity contribution is -0.272. The van der Waals surface area contributed by atoms with Crippen molar-refractivity contribution in [1.82, 2.24) is 10.2 Å². The number of nitrogens with zero attached hydrogens (tertiary/aromatic N) is 1. The van der Waals surface area contributed by atoms with Gasteiger partial charge >= 0.3 is 0 Å². The van der Waals surface area contributed by atoms with Crippen LogP contribution in [0.5, 0.6) is 0 Å². The Balaban J connectivity index is 2.00. The molecule has 2 rings (SSSR count). The molecule has 2 unspecified atom stereocenters. The molecule has 2 aliphatic heterocycles. The van der Waals surface area contributed by atoms with Crippen molar-refractivity contribution in [3.63, 3.8) is 0 Å². The van der Waals surface area contributed by atoms with E-state index >= 15 is 0 Å². The van der Waals surface area contributed by atoms with Gasteiger partial charge in [0.1, 0.15) is 6.09 Å². The molecular weight excluding hydrogens is 160 g/mol. The molecule has 0 aromatic heterocycles. The average molecular weight is 171 g/mol. The van der Waals surface area contributed by atoms with E-state index in [1.807, 2.05) is 0 Å². The third-order valence-electron chi connectivity index (χ3n) is 2.24. The predicted octanol–water partition coefficient (Wildman–Crippen LogP) is -2.00. The molecule has 2 atom stereocenters. The second kappa shape index (κ2) is 2.91. The van der Waals surface area contributed by atoms with Crippen LogP contribution in [0.3, 0.4) is 0 Å². The summed E-state index contributed by atoms with van der Waals surface area (Å²) in [7, 11) is 0. The summed E-state index contributed by atoms with van der Waals surface area (Å²) in [6, 6.07) is 0. The van der Waals surface area contributed by atoms with Crippen LogP contribution in [0, 0.1) is 0 Å². The highest BCUT2D eigenvalue weighted by Crippen LogP contribution is 2.13. The quantitative estimate of drug-likeness (QED) is 0.458. The van der Waals surface area contributed by atoms with E-state index in [1.54, 1.807) is 0 Å². The SMILES string of the molecule is O=C([O-])N1CC2CNCC(C1)O2. The Morgan fingerprint density at radius 2 is 2.00 bits per heavy atom. The number of carboxylic acid groups (broad SMARTS) is 1. The Hall–Kier alpha value is -0.810. The van der Waals surface area contributed by atoms with Gasteiger partial charge in [0.25, 0.3) is 0 Å². The highest BCUT2D eigenvalue weighted by atomic mass is 16.5. The topological polar surface area (TPSA) is 64.6 Å². The number of carbonyl (C=O) groups is 1. The van der Waals surface area contributed by atoms with Gasteiger partial charge in [0.2, 0.25) is 0 Å². The molecule has 0 aromatic carbocycles. The van der Waals surface area contributed by atoms with Crippen LogP contribution in [0.15, 0.2) is 0 Å². The molecule has 5 nitrogen and oxygen atoms in total. The Bertz CT molecular complexity index is 185. The number of hydrogen-bond acceptors (Lipinski definition) is 4. The molecule has 0 radical (unpaired) electrons. The van der Waals surface area contributed by atoms with E-state index in [0.717, 1.165) is 13.1 Å². The number of rotatable bonds is 0. The van der Waals surface area contributed by atoms with E-state index in [4.69, 9.17) is 4.74 Å². The highest BCUT2D eigenvalue weighted by Gasteiger charge is 2.30. The van der Waals surface area contributed by atoms with E-state index in [2.05, 4.69) is 5.32 Å². The first kappa shape index (κ1) is 7.82. The molecule has 2 saturated heterocycles. The zero-order valence-electron chi connectivity index (χ0n) is 6.66. The molecule has 0 spiro atoms. The fraction of sp³-hybridized carbons (Fsp3) is 0.857. The number of amides is 1. The van der Waals surface area contributed by atoms with Gasteiger partial charge < -0.3 is 24.9 Å². The maximum absolute atomic E-state index is 10.5. The van der Waals surface area contributed by atoms with Crippen molar-refractivity contribution < 1.29 is 14.6 Å². The molecule has 5 heteroatoms. The van der Waals surface area contributed by atoms with Crippen molar-refractivity contribution in [2.45, 2.75) is 12.2 Å². The van der Waals surface area contributed by atoms with E-state index in [1.165, 1.54) is 4.90 Å². The molecular formula is C7H11N2O3-. The number of ether oxygens (including phenoxy) is 1. The fourth-order valence-corrected chi connectivity index (χ4v) is 1.70. The van der Waals surface area contributed by atoms with E-state index in [9.17, 15) is 9.90 Å². The number of carbonyl (C=O) groups excluding carboxylic acids is 1. The molecule has 0 aromatic rings. The molecule has 2 fully saturated rings. The van der Waals surface area contributed by atoms with Crippen molar-refractivity contribution >= 4 is 6.09 Å². The van der Waals surface area contributed by atoms with E-state index < -0.39 is 6.09 Å². The van der Waals surface area contributed by atoms with Crippen LogP contribution in [0.1, 0.15) is 0 Å². The smallest absolute Gasteiger partial charge is 0.137 e. The second-order valence-corrected chi connectivity index (χ2v) is 3.21. The average Bonchev–Trinajstić information content (AvgIpc) is 2.03. The van der Waals surface area contributed by atoms with Crippen molar-refractivity contribution in [3.8, 4) is 0 Å². The molecule has 2 bridgehead atoms. The monoisotopic (exact) mass is 171 g/mol. The van der Waals surface area contributed by atoms with Gasteiger partial charge in [-0.25, -0.2) is 0 Å². The summed E-state index contributed by atoms with van der Waals surface area (Å²) in [6.07, 6.45) is -1.07. The largest absolute Gasteiger partial charge is 0.530 e. The van der Waals surface area contributed by atoms with Crippen LogP contribution in [-0.2, 0) is 4.74 Å². The summed E-state index contributed by atoms with van der Waals surface area (Å²) in [5.74, 6) is 0. The Labute approximate surface area is 70.3 Å². The molecule has 0 aliphatic carbocycles. The number of hydrogen-bond donors (Lipinski definition) is 1. The van der Waals surface area contributed by atoms with Gasteiger partial charge in [-0.2, -0.15) is 0 Å². The van der Waals surface area contributed by atoms with Gasteiger partial charge in [-0.1, -0.05) is 0 Å². The minimum absolute atomic E-state index is 0.00963. The van der Waals surface area contributed by atoms with Crippen molar-refractivity contribution in [3.05, 3.63) is 0 Å². The highest BCUT2D eigenvalue weighted by molar-refractivity contribution is 5.62. The Morgan fingerprint density at radius 1 is 1.42 bits per heavy atom. The maximum atomic E-state index is 10.5. The zero-order chi connectivity index (χ0) is 8.55. The van der Waals surface area contributed by atoms with Crippen LogP contribution >= 0.6 is 0 Å². The first-order chi connectivity index (χ1) is 5.75. The molecule has 12 heavy (non-hydrogen) atoms. The lowest BCUT2D eigenvalue weighted by atomic mass is 10.1. The van der Waals surface area contributed by atoms with Gasteiger partial charge in [-0.3, -0.25) is 0 Å². The molecule has 2 heterocycles. The molecule has 0 saturated carbocycles. The summed E-state index contributed by atoms with van der Waals surface area (Å²) in [4.78, 5) is 11.8. The van der Waals surface area contributed by atoms with Gasteiger partial charge in [0, 0.05) is 26.2 Å². The van der Waals surface area contributed by atoms with Crippen LogP contribution in [0.4, 0.5) is 4.79 Å². The van der Waals surface area contributed by atoms with Crippen LogP contribution in [-0.4, -0.2) is 49.4 Å². The van der Waals surface area contributed by atoms with Crippen molar-refractivity contribution in [2.75, 3.05) is 26.2 Å². The first-order valence-corrected chi connectivity index (χ1v) is 4.08. The van der Waals surface area contributed by atoms with Crippen LogP contribution in [0.2, 0.25) is 0 Å². The van der Waals surface area contributed by atoms with Gasteiger partial charge in [-0.05, 0) is 0 Å². The minimum Gasteiger partial charge on any atom is -0.530 e. The Morgan fingerprint density at radius 3 is 2.50 bits per heavy atom. The standard InChI is InChI=1S/C7H12N2O3/c10-7(11)9-3-5-1-8-2-6(4-9)12-5/h5-6,8H,1-4H2,(H,10,11)/p-1. The predicted molar refractivity (Wildman–Crippen MR) is 38.5 cm³/mol. The first-order valence-electron chi connectivity index (χ1n) is 4.08. The maximum Gasteiger partial charge on any atom is 0.137 e. The van der Waals surface area contributed by atoms with Gasteiger partial charge in [0.15, 0.2) is 0 Å². The summed E-state index contributed by atoms with van der Waals surface area (Å²) in [6.45, 7) is 2.35.